The fourth-order valence-corrected chi connectivity index (χ4v) is 2.54. The molecule has 2 heterocycles. The second-order valence-electron chi connectivity index (χ2n) is 5.79. The van der Waals surface area contributed by atoms with Crippen molar-refractivity contribution in [2.45, 2.75) is 33.3 Å². The smallest absolute Gasteiger partial charge is 0.228 e. The summed E-state index contributed by atoms with van der Waals surface area (Å²) >= 11 is 0. The van der Waals surface area contributed by atoms with E-state index in [1.54, 1.807) is 0 Å². The van der Waals surface area contributed by atoms with E-state index in [0.717, 1.165) is 50.8 Å². The van der Waals surface area contributed by atoms with Crippen molar-refractivity contribution in [1.29, 1.82) is 0 Å². The van der Waals surface area contributed by atoms with Crippen molar-refractivity contribution in [1.82, 2.24) is 14.9 Å². The molecule has 0 aliphatic carbocycles. The van der Waals surface area contributed by atoms with Crippen molar-refractivity contribution in [3.05, 3.63) is 11.8 Å². The number of anilines is 1. The molecule has 0 radical (unpaired) electrons. The van der Waals surface area contributed by atoms with Crippen molar-refractivity contribution in [3.63, 3.8) is 0 Å². The molecule has 6 heteroatoms. The summed E-state index contributed by atoms with van der Waals surface area (Å²) in [4.78, 5) is 13.8. The van der Waals surface area contributed by atoms with E-state index >= 15 is 0 Å². The van der Waals surface area contributed by atoms with Crippen molar-refractivity contribution in [3.8, 4) is 5.88 Å². The average Bonchev–Trinajstić information content (AvgIpc) is 2.63. The summed E-state index contributed by atoms with van der Waals surface area (Å²) in [7, 11) is 0. The standard InChI is InChI=1S/C15H27N5O/c1-12(2)21-14-11-13(3)17-15(18-14)20-7-4-6-19(8-5-16)9-10-20/h11-12H,4-10,16H2,1-3H3. The van der Waals surface area contributed by atoms with Crippen LogP contribution in [0.4, 0.5) is 5.95 Å². The topological polar surface area (TPSA) is 67.5 Å². The maximum absolute atomic E-state index is 5.71. The normalized spacial score (nSPS) is 17.1. The lowest BCUT2D eigenvalue weighted by Crippen LogP contribution is -2.34. The largest absolute Gasteiger partial charge is 0.475 e. The van der Waals surface area contributed by atoms with Gasteiger partial charge in [-0.2, -0.15) is 4.98 Å². The molecule has 0 bridgehead atoms. The van der Waals surface area contributed by atoms with Crippen molar-refractivity contribution < 1.29 is 4.74 Å². The van der Waals surface area contributed by atoms with E-state index < -0.39 is 0 Å². The van der Waals surface area contributed by atoms with Gasteiger partial charge in [-0.05, 0) is 33.7 Å². The molecule has 2 N–H and O–H groups in total. The zero-order valence-corrected chi connectivity index (χ0v) is 13.4. The molecule has 0 saturated carbocycles. The summed E-state index contributed by atoms with van der Waals surface area (Å²) in [6.07, 6.45) is 1.23. The first kappa shape index (κ1) is 16.0. The molecular weight excluding hydrogens is 266 g/mol. The zero-order valence-electron chi connectivity index (χ0n) is 13.4. The highest BCUT2D eigenvalue weighted by molar-refractivity contribution is 5.34. The van der Waals surface area contributed by atoms with Crippen LogP contribution in [0.2, 0.25) is 0 Å². The highest BCUT2D eigenvalue weighted by atomic mass is 16.5. The van der Waals surface area contributed by atoms with Crippen LogP contribution >= 0.6 is 0 Å². The molecule has 6 nitrogen and oxygen atoms in total. The molecule has 1 aliphatic heterocycles. The Kier molecular flexibility index (Phi) is 5.76. The molecule has 1 aromatic heterocycles. The molecule has 1 aromatic rings. The average molecular weight is 293 g/mol. The molecule has 0 amide bonds. The third kappa shape index (κ3) is 4.82. The van der Waals surface area contributed by atoms with Gasteiger partial charge < -0.3 is 20.3 Å². The van der Waals surface area contributed by atoms with Gasteiger partial charge in [0.05, 0.1) is 6.10 Å². The van der Waals surface area contributed by atoms with Gasteiger partial charge in [-0.1, -0.05) is 0 Å². The SMILES string of the molecule is Cc1cc(OC(C)C)nc(N2CCCN(CCN)CC2)n1. The van der Waals surface area contributed by atoms with Gasteiger partial charge >= 0.3 is 0 Å². The van der Waals surface area contributed by atoms with Crippen LogP contribution in [0.25, 0.3) is 0 Å². The summed E-state index contributed by atoms with van der Waals surface area (Å²) in [5.74, 6) is 1.44. The Labute approximate surface area is 127 Å². The van der Waals surface area contributed by atoms with Crippen LogP contribution in [-0.4, -0.2) is 60.2 Å². The molecule has 0 aromatic carbocycles. The van der Waals surface area contributed by atoms with E-state index in [4.69, 9.17) is 10.5 Å². The van der Waals surface area contributed by atoms with Gasteiger partial charge in [-0.15, -0.1) is 0 Å². The third-order valence-corrected chi connectivity index (χ3v) is 3.49. The Morgan fingerprint density at radius 1 is 1.24 bits per heavy atom. The van der Waals surface area contributed by atoms with Crippen LogP contribution in [0.1, 0.15) is 26.0 Å². The van der Waals surface area contributed by atoms with Gasteiger partial charge in [0.1, 0.15) is 0 Å². The number of ether oxygens (including phenoxy) is 1. The van der Waals surface area contributed by atoms with Gasteiger partial charge in [0, 0.05) is 44.5 Å². The summed E-state index contributed by atoms with van der Waals surface area (Å²) in [6, 6.07) is 1.89. The lowest BCUT2D eigenvalue weighted by molar-refractivity contribution is 0.232. The van der Waals surface area contributed by atoms with E-state index in [-0.39, 0.29) is 6.10 Å². The Hall–Kier alpha value is -1.40. The van der Waals surface area contributed by atoms with Crippen molar-refractivity contribution in [2.75, 3.05) is 44.2 Å². The summed E-state index contributed by atoms with van der Waals surface area (Å²) in [5, 5.41) is 0. The Morgan fingerprint density at radius 3 is 2.76 bits per heavy atom. The predicted molar refractivity (Wildman–Crippen MR) is 84.9 cm³/mol. The lowest BCUT2D eigenvalue weighted by Gasteiger charge is -2.22. The highest BCUT2D eigenvalue weighted by Gasteiger charge is 2.17. The minimum atomic E-state index is 0.122. The van der Waals surface area contributed by atoms with E-state index in [2.05, 4.69) is 19.8 Å². The number of hydrogen-bond donors (Lipinski definition) is 1. The van der Waals surface area contributed by atoms with E-state index in [1.165, 1.54) is 0 Å². The predicted octanol–water partition coefficient (Wildman–Crippen LogP) is 1.04. The minimum Gasteiger partial charge on any atom is -0.475 e. The maximum Gasteiger partial charge on any atom is 0.228 e. The molecular formula is C15H27N5O. The highest BCUT2D eigenvalue weighted by Crippen LogP contribution is 2.18. The first-order valence-corrected chi connectivity index (χ1v) is 7.78. The number of aromatic nitrogens is 2. The molecule has 0 spiro atoms. The van der Waals surface area contributed by atoms with Crippen LogP contribution in [-0.2, 0) is 0 Å². The molecule has 0 unspecified atom stereocenters. The summed E-state index contributed by atoms with van der Waals surface area (Å²) in [6.45, 7) is 11.7. The van der Waals surface area contributed by atoms with Crippen LogP contribution in [0, 0.1) is 6.92 Å². The number of rotatable bonds is 5. The fourth-order valence-electron chi connectivity index (χ4n) is 2.54. The zero-order chi connectivity index (χ0) is 15.2. The van der Waals surface area contributed by atoms with Crippen molar-refractivity contribution >= 4 is 5.95 Å². The maximum atomic E-state index is 5.71. The minimum absolute atomic E-state index is 0.122. The first-order valence-electron chi connectivity index (χ1n) is 7.78. The van der Waals surface area contributed by atoms with Gasteiger partial charge in [0.2, 0.25) is 11.8 Å². The third-order valence-electron chi connectivity index (χ3n) is 3.49. The number of aryl methyl sites for hydroxylation is 1. The number of nitrogens with zero attached hydrogens (tertiary/aromatic N) is 4. The number of nitrogens with two attached hydrogens (primary N) is 1. The summed E-state index contributed by atoms with van der Waals surface area (Å²) < 4.78 is 5.71. The van der Waals surface area contributed by atoms with Crippen molar-refractivity contribution in [2.24, 2.45) is 5.73 Å². The molecule has 1 fully saturated rings. The number of hydrogen-bond acceptors (Lipinski definition) is 6. The van der Waals surface area contributed by atoms with E-state index in [0.29, 0.717) is 12.4 Å². The Bertz CT molecular complexity index is 452. The van der Waals surface area contributed by atoms with E-state index in [1.807, 2.05) is 26.8 Å². The van der Waals surface area contributed by atoms with Gasteiger partial charge in [-0.3, -0.25) is 0 Å². The molecule has 2 rings (SSSR count). The molecule has 21 heavy (non-hydrogen) atoms. The molecule has 0 atom stereocenters. The first-order chi connectivity index (χ1) is 10.1. The van der Waals surface area contributed by atoms with Crippen LogP contribution in [0.3, 0.4) is 0 Å². The lowest BCUT2D eigenvalue weighted by atomic mass is 10.4. The molecule has 1 aliphatic rings. The van der Waals surface area contributed by atoms with Gasteiger partial charge in [0.25, 0.3) is 0 Å². The molecule has 118 valence electrons. The fraction of sp³-hybridized carbons (Fsp3) is 0.733. The quantitative estimate of drug-likeness (QED) is 0.875. The Balaban J connectivity index is 2.08. The van der Waals surface area contributed by atoms with Crippen LogP contribution < -0.4 is 15.4 Å². The molecule has 1 saturated heterocycles. The summed E-state index contributed by atoms with van der Waals surface area (Å²) in [5.41, 5.74) is 6.59. The second-order valence-corrected chi connectivity index (χ2v) is 5.79. The Morgan fingerprint density at radius 2 is 2.05 bits per heavy atom. The van der Waals surface area contributed by atoms with E-state index in [9.17, 15) is 0 Å². The van der Waals surface area contributed by atoms with Gasteiger partial charge in [-0.25, -0.2) is 4.98 Å². The second kappa shape index (κ2) is 7.56. The monoisotopic (exact) mass is 293 g/mol. The van der Waals surface area contributed by atoms with Crippen LogP contribution in [0.15, 0.2) is 6.07 Å². The van der Waals surface area contributed by atoms with Gasteiger partial charge in [0.15, 0.2) is 0 Å². The van der Waals surface area contributed by atoms with Crippen LogP contribution in [0.5, 0.6) is 5.88 Å².